The lowest BCUT2D eigenvalue weighted by molar-refractivity contribution is -0.146. The molecule has 0 aromatic heterocycles. The molecule has 0 radical (unpaired) electrons. The third-order valence-electron chi connectivity index (χ3n) is 5.10. The normalized spacial score (nSPS) is 16.2. The SMILES string of the molecule is COC(=O)C[C@@H]1Cc2cc(C(=O)O)ccc2CN(CCc2ccccc2)C1=O. The van der Waals surface area contributed by atoms with Gasteiger partial charge >= 0.3 is 11.9 Å². The molecule has 0 saturated heterocycles. The lowest BCUT2D eigenvalue weighted by atomic mass is 9.93. The lowest BCUT2D eigenvalue weighted by Crippen LogP contribution is -2.37. The van der Waals surface area contributed by atoms with Crippen molar-refractivity contribution in [1.29, 1.82) is 0 Å². The van der Waals surface area contributed by atoms with Crippen molar-refractivity contribution in [2.75, 3.05) is 13.7 Å². The highest BCUT2D eigenvalue weighted by molar-refractivity contribution is 5.88. The van der Waals surface area contributed by atoms with Gasteiger partial charge in [0.1, 0.15) is 0 Å². The number of nitrogens with zero attached hydrogens (tertiary/aromatic N) is 1. The molecule has 0 aliphatic carbocycles. The molecule has 0 saturated carbocycles. The quantitative estimate of drug-likeness (QED) is 0.778. The molecule has 1 atom stereocenters. The molecule has 6 heteroatoms. The zero-order chi connectivity index (χ0) is 20.1. The number of aromatic carboxylic acids is 1. The zero-order valence-corrected chi connectivity index (χ0v) is 15.8. The number of ether oxygens (including phenoxy) is 1. The van der Waals surface area contributed by atoms with Crippen LogP contribution in [0, 0.1) is 5.92 Å². The fourth-order valence-corrected chi connectivity index (χ4v) is 3.54. The van der Waals surface area contributed by atoms with Crippen LogP contribution in [0.25, 0.3) is 0 Å². The predicted octanol–water partition coefficient (Wildman–Crippen LogP) is 2.69. The smallest absolute Gasteiger partial charge is 0.335 e. The number of benzene rings is 2. The molecule has 0 spiro atoms. The number of carbonyl (C=O) groups is 3. The summed E-state index contributed by atoms with van der Waals surface area (Å²) in [7, 11) is 1.30. The van der Waals surface area contributed by atoms with E-state index in [-0.39, 0.29) is 17.9 Å². The number of amides is 1. The second-order valence-corrected chi connectivity index (χ2v) is 6.97. The molecule has 0 unspecified atom stereocenters. The van der Waals surface area contributed by atoms with E-state index in [1.807, 2.05) is 30.3 Å². The molecular formula is C22H23NO5. The molecule has 1 amide bonds. The highest BCUT2D eigenvalue weighted by Gasteiger charge is 2.31. The van der Waals surface area contributed by atoms with Crippen LogP contribution < -0.4 is 0 Å². The number of hydrogen-bond acceptors (Lipinski definition) is 4. The number of methoxy groups -OCH3 is 1. The minimum atomic E-state index is -1.01. The molecule has 146 valence electrons. The van der Waals surface area contributed by atoms with Gasteiger partial charge in [-0.05, 0) is 41.7 Å². The maximum absolute atomic E-state index is 13.1. The zero-order valence-electron chi connectivity index (χ0n) is 15.8. The van der Waals surface area contributed by atoms with E-state index in [2.05, 4.69) is 0 Å². The molecule has 28 heavy (non-hydrogen) atoms. The van der Waals surface area contributed by atoms with Crippen LogP contribution in [0.15, 0.2) is 48.5 Å². The van der Waals surface area contributed by atoms with E-state index in [0.29, 0.717) is 25.9 Å². The van der Waals surface area contributed by atoms with Gasteiger partial charge in [0.25, 0.3) is 0 Å². The molecule has 2 aromatic rings. The number of hydrogen-bond donors (Lipinski definition) is 1. The van der Waals surface area contributed by atoms with E-state index in [1.165, 1.54) is 7.11 Å². The maximum atomic E-state index is 13.1. The number of fused-ring (bicyclic) bond motifs is 1. The number of carboxylic acid groups (broad SMARTS) is 1. The van der Waals surface area contributed by atoms with Crippen LogP contribution >= 0.6 is 0 Å². The molecular weight excluding hydrogens is 358 g/mol. The number of esters is 1. The van der Waals surface area contributed by atoms with Crippen molar-refractivity contribution >= 4 is 17.8 Å². The summed E-state index contributed by atoms with van der Waals surface area (Å²) in [6.45, 7) is 0.930. The summed E-state index contributed by atoms with van der Waals surface area (Å²) in [4.78, 5) is 38.0. The summed E-state index contributed by atoms with van der Waals surface area (Å²) in [5.74, 6) is -2.12. The van der Waals surface area contributed by atoms with Gasteiger partial charge in [-0.15, -0.1) is 0 Å². The van der Waals surface area contributed by atoms with Gasteiger partial charge in [-0.1, -0.05) is 36.4 Å². The van der Waals surface area contributed by atoms with E-state index in [9.17, 15) is 19.5 Å². The van der Waals surface area contributed by atoms with Gasteiger partial charge in [0, 0.05) is 13.1 Å². The predicted molar refractivity (Wildman–Crippen MR) is 103 cm³/mol. The van der Waals surface area contributed by atoms with Crippen LogP contribution in [-0.4, -0.2) is 41.5 Å². The van der Waals surface area contributed by atoms with Crippen LogP contribution in [-0.2, 0) is 33.7 Å². The van der Waals surface area contributed by atoms with Crippen LogP contribution in [0.5, 0.6) is 0 Å². The summed E-state index contributed by atoms with van der Waals surface area (Å²) in [5.41, 5.74) is 3.02. The van der Waals surface area contributed by atoms with Crippen molar-refractivity contribution in [2.24, 2.45) is 5.92 Å². The first-order valence-electron chi connectivity index (χ1n) is 9.22. The Morgan fingerprint density at radius 1 is 1.14 bits per heavy atom. The number of carboxylic acids is 1. The van der Waals surface area contributed by atoms with Crippen molar-refractivity contribution in [1.82, 2.24) is 4.90 Å². The molecule has 6 nitrogen and oxygen atoms in total. The molecule has 2 aromatic carbocycles. The summed E-state index contributed by atoms with van der Waals surface area (Å²) < 4.78 is 4.75. The Labute approximate surface area is 163 Å². The van der Waals surface area contributed by atoms with Gasteiger partial charge in [-0.25, -0.2) is 4.79 Å². The third kappa shape index (κ3) is 4.57. The summed E-state index contributed by atoms with van der Waals surface area (Å²) in [6.07, 6.45) is 1.01. The van der Waals surface area contributed by atoms with E-state index in [0.717, 1.165) is 16.7 Å². The monoisotopic (exact) mass is 381 g/mol. The minimum Gasteiger partial charge on any atom is -0.478 e. The molecule has 1 aliphatic rings. The van der Waals surface area contributed by atoms with Crippen LogP contribution in [0.1, 0.15) is 33.5 Å². The second-order valence-electron chi connectivity index (χ2n) is 6.97. The van der Waals surface area contributed by atoms with Crippen molar-refractivity contribution in [3.05, 3.63) is 70.8 Å². The summed E-state index contributed by atoms with van der Waals surface area (Å²) in [5, 5.41) is 9.27. The molecule has 1 heterocycles. The molecule has 0 bridgehead atoms. The van der Waals surface area contributed by atoms with Crippen molar-refractivity contribution < 1.29 is 24.2 Å². The first kappa shape index (κ1) is 19.6. The number of carbonyl (C=O) groups excluding carboxylic acids is 2. The van der Waals surface area contributed by atoms with E-state index in [1.54, 1.807) is 23.1 Å². The van der Waals surface area contributed by atoms with Crippen LogP contribution in [0.3, 0.4) is 0 Å². The van der Waals surface area contributed by atoms with Gasteiger partial charge < -0.3 is 14.7 Å². The Bertz CT molecular complexity index is 878. The van der Waals surface area contributed by atoms with Gasteiger partial charge in [0.05, 0.1) is 25.0 Å². The number of rotatable bonds is 6. The lowest BCUT2D eigenvalue weighted by Gasteiger charge is -2.24. The molecule has 1 aliphatic heterocycles. The van der Waals surface area contributed by atoms with E-state index >= 15 is 0 Å². The molecule has 1 N–H and O–H groups in total. The van der Waals surface area contributed by atoms with Gasteiger partial charge in [-0.2, -0.15) is 0 Å². The topological polar surface area (TPSA) is 83.9 Å². The Kier molecular flexibility index (Phi) is 6.09. The van der Waals surface area contributed by atoms with E-state index in [4.69, 9.17) is 4.74 Å². The van der Waals surface area contributed by atoms with Gasteiger partial charge in [-0.3, -0.25) is 9.59 Å². The fourth-order valence-electron chi connectivity index (χ4n) is 3.54. The average Bonchev–Trinajstić information content (AvgIpc) is 2.83. The van der Waals surface area contributed by atoms with Crippen molar-refractivity contribution in [2.45, 2.75) is 25.8 Å². The van der Waals surface area contributed by atoms with Gasteiger partial charge in [0.2, 0.25) is 5.91 Å². The first-order chi connectivity index (χ1) is 13.5. The first-order valence-corrected chi connectivity index (χ1v) is 9.22. The van der Waals surface area contributed by atoms with Crippen molar-refractivity contribution in [3.63, 3.8) is 0 Å². The van der Waals surface area contributed by atoms with Crippen molar-refractivity contribution in [3.8, 4) is 0 Å². The average molecular weight is 381 g/mol. The van der Waals surface area contributed by atoms with Crippen LogP contribution in [0.4, 0.5) is 0 Å². The minimum absolute atomic E-state index is 0.0199. The highest BCUT2D eigenvalue weighted by Crippen LogP contribution is 2.26. The van der Waals surface area contributed by atoms with E-state index < -0.39 is 17.9 Å². The Morgan fingerprint density at radius 2 is 1.89 bits per heavy atom. The Morgan fingerprint density at radius 3 is 2.57 bits per heavy atom. The summed E-state index contributed by atoms with van der Waals surface area (Å²) >= 11 is 0. The largest absolute Gasteiger partial charge is 0.478 e. The molecule has 3 rings (SSSR count). The maximum Gasteiger partial charge on any atom is 0.335 e. The standard InChI is InChI=1S/C22H23NO5/c1-28-20(24)13-19-12-18-11-16(22(26)27)7-8-17(18)14-23(21(19)25)10-9-15-5-3-2-4-6-15/h2-8,11,19H,9-10,12-14H2,1H3,(H,26,27)/t19-/m0/s1. The van der Waals surface area contributed by atoms with Crippen LogP contribution in [0.2, 0.25) is 0 Å². The third-order valence-corrected chi connectivity index (χ3v) is 5.10. The van der Waals surface area contributed by atoms with Gasteiger partial charge in [0.15, 0.2) is 0 Å². The summed E-state index contributed by atoms with van der Waals surface area (Å²) in [6, 6.07) is 14.8. The Balaban J connectivity index is 1.87. The highest BCUT2D eigenvalue weighted by atomic mass is 16.5. The molecule has 0 fully saturated rings. The second kappa shape index (κ2) is 8.69. The Hall–Kier alpha value is -3.15. The fraction of sp³-hybridized carbons (Fsp3) is 0.318.